The standard InChI is InChI=1S/C16H24N2O4/c1-21-11-16(20)17-14-9-18(8-13(14)10-19)7-12-5-3-4-6-15(12)22-2/h3-6,13-14,19H,7-11H2,1-2H3,(H,17,20). The van der Waals surface area contributed by atoms with Gasteiger partial charge in [-0.15, -0.1) is 0 Å². The molecule has 122 valence electrons. The molecule has 0 aliphatic carbocycles. The second-order valence-electron chi connectivity index (χ2n) is 5.56. The minimum absolute atomic E-state index is 0.0375. The molecule has 2 N–H and O–H groups in total. The predicted molar refractivity (Wildman–Crippen MR) is 82.7 cm³/mol. The van der Waals surface area contributed by atoms with Crippen LogP contribution in [0.3, 0.4) is 0 Å². The van der Waals surface area contributed by atoms with Crippen LogP contribution >= 0.6 is 0 Å². The average Bonchev–Trinajstić information content (AvgIpc) is 2.89. The Morgan fingerprint density at radius 2 is 2.14 bits per heavy atom. The van der Waals surface area contributed by atoms with Gasteiger partial charge in [-0.3, -0.25) is 9.69 Å². The van der Waals surface area contributed by atoms with E-state index >= 15 is 0 Å². The molecular weight excluding hydrogens is 284 g/mol. The number of benzene rings is 1. The molecule has 1 aromatic carbocycles. The molecule has 1 saturated heterocycles. The van der Waals surface area contributed by atoms with E-state index in [-0.39, 0.29) is 31.1 Å². The number of likely N-dealkylation sites (tertiary alicyclic amines) is 1. The highest BCUT2D eigenvalue weighted by atomic mass is 16.5. The van der Waals surface area contributed by atoms with Crippen LogP contribution in [0, 0.1) is 5.92 Å². The zero-order chi connectivity index (χ0) is 15.9. The van der Waals surface area contributed by atoms with Crippen LogP contribution in [-0.4, -0.2) is 62.5 Å². The number of nitrogens with zero attached hydrogens (tertiary/aromatic N) is 1. The lowest BCUT2D eigenvalue weighted by Gasteiger charge is -2.18. The second-order valence-corrected chi connectivity index (χ2v) is 5.56. The first kappa shape index (κ1) is 16.7. The molecule has 1 amide bonds. The lowest BCUT2D eigenvalue weighted by Crippen LogP contribution is -2.43. The number of amides is 1. The third kappa shape index (κ3) is 4.19. The number of hydrogen-bond donors (Lipinski definition) is 2. The zero-order valence-corrected chi connectivity index (χ0v) is 13.1. The molecule has 0 spiro atoms. The van der Waals surface area contributed by atoms with Crippen LogP contribution in [0.5, 0.6) is 5.75 Å². The molecule has 2 rings (SSSR count). The van der Waals surface area contributed by atoms with Crippen LogP contribution in [0.25, 0.3) is 0 Å². The number of carbonyl (C=O) groups is 1. The maximum atomic E-state index is 11.7. The molecule has 6 nitrogen and oxygen atoms in total. The first-order valence-electron chi connectivity index (χ1n) is 7.41. The number of aliphatic hydroxyl groups is 1. The minimum atomic E-state index is -0.148. The number of nitrogens with one attached hydrogen (secondary N) is 1. The summed E-state index contributed by atoms with van der Waals surface area (Å²) in [5, 5.41) is 12.5. The molecule has 0 aromatic heterocycles. The van der Waals surface area contributed by atoms with Gasteiger partial charge in [0.15, 0.2) is 0 Å². The molecule has 1 heterocycles. The van der Waals surface area contributed by atoms with E-state index < -0.39 is 0 Å². The van der Waals surface area contributed by atoms with Crippen molar-refractivity contribution in [3.05, 3.63) is 29.8 Å². The van der Waals surface area contributed by atoms with E-state index in [9.17, 15) is 9.90 Å². The molecule has 2 unspecified atom stereocenters. The van der Waals surface area contributed by atoms with Gasteiger partial charge in [0.1, 0.15) is 12.4 Å². The topological polar surface area (TPSA) is 71.0 Å². The van der Waals surface area contributed by atoms with Crippen LogP contribution in [0.1, 0.15) is 5.56 Å². The fourth-order valence-electron chi connectivity index (χ4n) is 2.89. The quantitative estimate of drug-likeness (QED) is 0.755. The van der Waals surface area contributed by atoms with E-state index in [1.165, 1.54) is 7.11 Å². The summed E-state index contributed by atoms with van der Waals surface area (Å²) in [5.41, 5.74) is 1.10. The van der Waals surface area contributed by atoms with E-state index in [0.29, 0.717) is 6.54 Å². The van der Waals surface area contributed by atoms with E-state index in [1.54, 1.807) is 7.11 Å². The largest absolute Gasteiger partial charge is 0.496 e. The van der Waals surface area contributed by atoms with Gasteiger partial charge < -0.3 is 19.9 Å². The molecule has 0 radical (unpaired) electrons. The number of ether oxygens (including phenoxy) is 2. The van der Waals surface area contributed by atoms with Crippen molar-refractivity contribution in [1.29, 1.82) is 0 Å². The Kier molecular flexibility index (Phi) is 6.18. The Balaban J connectivity index is 1.97. The molecule has 0 saturated carbocycles. The number of hydrogen-bond acceptors (Lipinski definition) is 5. The van der Waals surface area contributed by atoms with Gasteiger partial charge in [-0.05, 0) is 6.07 Å². The molecule has 6 heteroatoms. The monoisotopic (exact) mass is 308 g/mol. The van der Waals surface area contributed by atoms with Gasteiger partial charge in [0, 0.05) is 50.9 Å². The van der Waals surface area contributed by atoms with Crippen molar-refractivity contribution >= 4 is 5.91 Å². The fraction of sp³-hybridized carbons (Fsp3) is 0.562. The first-order valence-corrected chi connectivity index (χ1v) is 7.41. The highest BCUT2D eigenvalue weighted by molar-refractivity contribution is 5.77. The lowest BCUT2D eigenvalue weighted by atomic mass is 10.1. The molecule has 22 heavy (non-hydrogen) atoms. The zero-order valence-electron chi connectivity index (χ0n) is 13.1. The van der Waals surface area contributed by atoms with Gasteiger partial charge in [0.25, 0.3) is 0 Å². The Morgan fingerprint density at radius 3 is 2.82 bits per heavy atom. The van der Waals surface area contributed by atoms with Gasteiger partial charge in [-0.1, -0.05) is 18.2 Å². The Hall–Kier alpha value is -1.63. The van der Waals surface area contributed by atoms with Crippen LogP contribution in [0.2, 0.25) is 0 Å². The van der Waals surface area contributed by atoms with Crippen molar-refractivity contribution in [2.24, 2.45) is 5.92 Å². The molecular formula is C16H24N2O4. The normalized spacial score (nSPS) is 21.8. The molecule has 2 atom stereocenters. The van der Waals surface area contributed by atoms with Gasteiger partial charge in [-0.2, -0.15) is 0 Å². The van der Waals surface area contributed by atoms with Crippen molar-refractivity contribution in [3.63, 3.8) is 0 Å². The van der Waals surface area contributed by atoms with Gasteiger partial charge in [0.2, 0.25) is 5.91 Å². The molecule has 1 aromatic rings. The smallest absolute Gasteiger partial charge is 0.246 e. The first-order chi connectivity index (χ1) is 10.7. The maximum Gasteiger partial charge on any atom is 0.246 e. The average molecular weight is 308 g/mol. The highest BCUT2D eigenvalue weighted by Crippen LogP contribution is 2.23. The van der Waals surface area contributed by atoms with Crippen LogP contribution in [-0.2, 0) is 16.1 Å². The van der Waals surface area contributed by atoms with Crippen molar-refractivity contribution in [2.75, 3.05) is 40.5 Å². The summed E-state index contributed by atoms with van der Waals surface area (Å²) in [6.07, 6.45) is 0. The van der Waals surface area contributed by atoms with E-state index in [4.69, 9.17) is 9.47 Å². The summed E-state index contributed by atoms with van der Waals surface area (Å²) in [6.45, 7) is 2.28. The predicted octanol–water partition coefficient (Wildman–Crippen LogP) is 0.251. The van der Waals surface area contributed by atoms with Crippen molar-refractivity contribution in [1.82, 2.24) is 10.2 Å². The van der Waals surface area contributed by atoms with E-state index in [0.717, 1.165) is 24.4 Å². The van der Waals surface area contributed by atoms with Gasteiger partial charge in [-0.25, -0.2) is 0 Å². The molecule has 1 aliphatic heterocycles. The van der Waals surface area contributed by atoms with E-state index in [2.05, 4.69) is 10.2 Å². The molecule has 1 aliphatic rings. The van der Waals surface area contributed by atoms with E-state index in [1.807, 2.05) is 24.3 Å². The SMILES string of the molecule is COCC(=O)NC1CN(Cc2ccccc2OC)CC1CO. The van der Waals surface area contributed by atoms with Crippen LogP contribution in [0.4, 0.5) is 0 Å². The maximum absolute atomic E-state index is 11.7. The summed E-state index contributed by atoms with van der Waals surface area (Å²) in [6, 6.07) is 7.84. The molecule has 0 bridgehead atoms. The number of para-hydroxylation sites is 1. The summed E-state index contributed by atoms with van der Waals surface area (Å²) >= 11 is 0. The summed E-state index contributed by atoms with van der Waals surface area (Å²) in [5.74, 6) is 0.746. The van der Waals surface area contributed by atoms with Crippen molar-refractivity contribution in [2.45, 2.75) is 12.6 Å². The molecule has 1 fully saturated rings. The highest BCUT2D eigenvalue weighted by Gasteiger charge is 2.33. The third-order valence-electron chi connectivity index (χ3n) is 3.96. The fourth-order valence-corrected chi connectivity index (χ4v) is 2.89. The van der Waals surface area contributed by atoms with Crippen LogP contribution < -0.4 is 10.1 Å². The second kappa shape index (κ2) is 8.12. The van der Waals surface area contributed by atoms with Gasteiger partial charge in [0.05, 0.1) is 7.11 Å². The van der Waals surface area contributed by atoms with Crippen molar-refractivity contribution in [3.8, 4) is 5.75 Å². The summed E-state index contributed by atoms with van der Waals surface area (Å²) in [4.78, 5) is 13.9. The summed E-state index contributed by atoms with van der Waals surface area (Å²) < 4.78 is 10.2. The number of aliphatic hydroxyl groups excluding tert-OH is 1. The number of methoxy groups -OCH3 is 2. The van der Waals surface area contributed by atoms with Gasteiger partial charge >= 0.3 is 0 Å². The summed E-state index contributed by atoms with van der Waals surface area (Å²) in [7, 11) is 3.15. The number of carbonyl (C=O) groups excluding carboxylic acids is 1. The van der Waals surface area contributed by atoms with Crippen molar-refractivity contribution < 1.29 is 19.4 Å². The lowest BCUT2D eigenvalue weighted by molar-refractivity contribution is -0.125. The van der Waals surface area contributed by atoms with Crippen LogP contribution in [0.15, 0.2) is 24.3 Å². The Labute approximate surface area is 131 Å². The Morgan fingerprint density at radius 1 is 1.36 bits per heavy atom. The number of rotatable bonds is 7. The third-order valence-corrected chi connectivity index (χ3v) is 3.96. The minimum Gasteiger partial charge on any atom is -0.496 e. The Bertz CT molecular complexity index is 495.